The van der Waals surface area contributed by atoms with Gasteiger partial charge in [0.15, 0.2) is 5.96 Å². The molecule has 0 aliphatic heterocycles. The lowest BCUT2D eigenvalue weighted by atomic mass is 10.1. The molecule has 3 N–H and O–H groups in total. The molecule has 158 valence electrons. The number of benzene rings is 2. The highest BCUT2D eigenvalue weighted by atomic mass is 127. The van der Waals surface area contributed by atoms with Crippen LogP contribution in [0.4, 0.5) is 5.69 Å². The van der Waals surface area contributed by atoms with Crippen LogP contribution in [0.2, 0.25) is 0 Å². The summed E-state index contributed by atoms with van der Waals surface area (Å²) in [5, 5.41) is 9.69. The predicted octanol–water partition coefficient (Wildman–Crippen LogP) is 4.73. The third-order valence-electron chi connectivity index (χ3n) is 4.49. The summed E-state index contributed by atoms with van der Waals surface area (Å²) in [6.45, 7) is 4.84. The van der Waals surface area contributed by atoms with Crippen molar-refractivity contribution in [2.24, 2.45) is 4.99 Å². The molecule has 2 aromatic carbocycles. The topological polar surface area (TPSA) is 65.5 Å². The summed E-state index contributed by atoms with van der Waals surface area (Å²) in [4.78, 5) is 16.0. The first-order valence-electron chi connectivity index (χ1n) is 10.0. The van der Waals surface area contributed by atoms with E-state index in [0.29, 0.717) is 19.0 Å². The normalized spacial score (nSPS) is 11.9. The summed E-state index contributed by atoms with van der Waals surface area (Å²) < 4.78 is 0. The van der Waals surface area contributed by atoms with Crippen molar-refractivity contribution >= 4 is 41.5 Å². The fourth-order valence-electron chi connectivity index (χ4n) is 2.87. The fourth-order valence-corrected chi connectivity index (χ4v) is 2.87. The molecule has 0 aliphatic rings. The van der Waals surface area contributed by atoms with Gasteiger partial charge in [0.2, 0.25) is 5.91 Å². The van der Waals surface area contributed by atoms with Crippen LogP contribution in [0.25, 0.3) is 0 Å². The van der Waals surface area contributed by atoms with E-state index < -0.39 is 0 Å². The molecule has 1 unspecified atom stereocenters. The predicted molar refractivity (Wildman–Crippen MR) is 133 cm³/mol. The highest BCUT2D eigenvalue weighted by Gasteiger charge is 2.06. The van der Waals surface area contributed by atoms with E-state index in [2.05, 4.69) is 52.1 Å². The molecule has 0 saturated carbocycles. The van der Waals surface area contributed by atoms with Gasteiger partial charge in [-0.1, -0.05) is 49.4 Å². The number of aryl methyl sites for hydroxylation is 1. The molecule has 1 atom stereocenters. The number of halogens is 1. The number of hydrogen-bond acceptors (Lipinski definition) is 2. The Kier molecular flexibility index (Phi) is 12.0. The highest BCUT2D eigenvalue weighted by Crippen LogP contribution is 2.10. The maximum atomic E-state index is 11.7. The minimum Gasteiger partial charge on any atom is -0.354 e. The lowest BCUT2D eigenvalue weighted by Gasteiger charge is -2.18. The zero-order valence-electron chi connectivity index (χ0n) is 17.6. The van der Waals surface area contributed by atoms with Gasteiger partial charge >= 0.3 is 0 Å². The number of nitrogens with one attached hydrogen (secondary N) is 3. The second-order valence-electron chi connectivity index (χ2n) is 6.99. The minimum atomic E-state index is 0. The lowest BCUT2D eigenvalue weighted by Crippen LogP contribution is -2.42. The van der Waals surface area contributed by atoms with Crippen LogP contribution < -0.4 is 16.0 Å². The van der Waals surface area contributed by atoms with E-state index in [-0.39, 0.29) is 29.9 Å². The van der Waals surface area contributed by atoms with Gasteiger partial charge in [-0.05, 0) is 49.4 Å². The van der Waals surface area contributed by atoms with Crippen LogP contribution in [-0.4, -0.2) is 25.0 Å². The molecule has 0 radical (unpaired) electrons. The largest absolute Gasteiger partial charge is 0.354 e. The first-order chi connectivity index (χ1) is 13.6. The van der Waals surface area contributed by atoms with Crippen LogP contribution in [-0.2, 0) is 17.8 Å². The van der Waals surface area contributed by atoms with Crippen molar-refractivity contribution in [3.8, 4) is 0 Å². The van der Waals surface area contributed by atoms with E-state index in [9.17, 15) is 4.79 Å². The number of nitrogens with zero attached hydrogens (tertiary/aromatic N) is 1. The van der Waals surface area contributed by atoms with Crippen LogP contribution in [0.1, 0.15) is 44.2 Å². The summed E-state index contributed by atoms with van der Waals surface area (Å²) in [6.07, 6.45) is 3.48. The molecular formula is C23H33IN4O. The summed E-state index contributed by atoms with van der Waals surface area (Å²) >= 11 is 0. The van der Waals surface area contributed by atoms with Crippen molar-refractivity contribution < 1.29 is 4.79 Å². The van der Waals surface area contributed by atoms with Crippen LogP contribution >= 0.6 is 24.0 Å². The minimum absolute atomic E-state index is 0. The maximum absolute atomic E-state index is 11.7. The van der Waals surface area contributed by atoms with Gasteiger partial charge in [0, 0.05) is 31.7 Å². The first kappa shape index (κ1) is 24.9. The zero-order valence-corrected chi connectivity index (χ0v) is 19.9. The molecule has 0 spiro atoms. The average Bonchev–Trinajstić information content (AvgIpc) is 2.71. The molecule has 0 fully saturated rings. The Morgan fingerprint density at radius 2 is 1.72 bits per heavy atom. The number of carbonyl (C=O) groups excluding carboxylic acids is 1. The van der Waals surface area contributed by atoms with Gasteiger partial charge in [0.05, 0.1) is 0 Å². The standard InChI is InChI=1S/C23H32N4O.HI/c1-4-8-22(28)27-21-15-13-20(14-16-21)17-25-23(24-3)26-18(2)11-12-19-9-6-5-7-10-19;/h5-7,9-10,13-16,18H,4,8,11-12,17H2,1-3H3,(H,27,28)(H2,24,25,26);1H. The number of hydrogen-bond donors (Lipinski definition) is 3. The Labute approximate surface area is 191 Å². The molecular weight excluding hydrogens is 475 g/mol. The molecule has 0 aliphatic carbocycles. The third-order valence-corrected chi connectivity index (χ3v) is 4.49. The van der Waals surface area contributed by atoms with Gasteiger partial charge in [0.25, 0.3) is 0 Å². The van der Waals surface area contributed by atoms with Crippen LogP contribution in [0, 0.1) is 0 Å². The number of anilines is 1. The molecule has 1 amide bonds. The Morgan fingerprint density at radius 1 is 1.03 bits per heavy atom. The summed E-state index contributed by atoms with van der Waals surface area (Å²) in [7, 11) is 1.78. The van der Waals surface area contributed by atoms with Gasteiger partial charge in [-0.2, -0.15) is 0 Å². The maximum Gasteiger partial charge on any atom is 0.224 e. The molecule has 0 bridgehead atoms. The number of carbonyl (C=O) groups is 1. The SMILES string of the molecule is CCCC(=O)Nc1ccc(CNC(=NC)NC(C)CCc2ccccc2)cc1.I. The Bertz CT molecular complexity index is 747. The van der Waals surface area contributed by atoms with E-state index in [1.807, 2.05) is 37.3 Å². The molecule has 6 heteroatoms. The third kappa shape index (κ3) is 9.78. The Balaban J connectivity index is 0.00000420. The van der Waals surface area contributed by atoms with Crippen molar-refractivity contribution in [3.63, 3.8) is 0 Å². The second kappa shape index (κ2) is 14.0. The van der Waals surface area contributed by atoms with E-state index in [1.165, 1.54) is 5.56 Å². The van der Waals surface area contributed by atoms with Crippen molar-refractivity contribution in [3.05, 3.63) is 65.7 Å². The number of guanidine groups is 1. The van der Waals surface area contributed by atoms with E-state index in [4.69, 9.17) is 0 Å². The van der Waals surface area contributed by atoms with Gasteiger partial charge in [0.1, 0.15) is 0 Å². The summed E-state index contributed by atoms with van der Waals surface area (Å²) in [6, 6.07) is 18.7. The van der Waals surface area contributed by atoms with Gasteiger partial charge in [-0.3, -0.25) is 9.79 Å². The van der Waals surface area contributed by atoms with Gasteiger partial charge in [-0.15, -0.1) is 24.0 Å². The second-order valence-corrected chi connectivity index (χ2v) is 6.99. The van der Waals surface area contributed by atoms with Crippen molar-refractivity contribution in [1.82, 2.24) is 10.6 Å². The smallest absolute Gasteiger partial charge is 0.224 e. The highest BCUT2D eigenvalue weighted by molar-refractivity contribution is 14.0. The molecule has 5 nitrogen and oxygen atoms in total. The summed E-state index contributed by atoms with van der Waals surface area (Å²) in [5.74, 6) is 0.850. The average molecular weight is 508 g/mol. The number of amides is 1. The Morgan fingerprint density at radius 3 is 2.34 bits per heavy atom. The van der Waals surface area contributed by atoms with Crippen molar-refractivity contribution in [1.29, 1.82) is 0 Å². The van der Waals surface area contributed by atoms with Crippen LogP contribution in [0.3, 0.4) is 0 Å². The first-order valence-corrected chi connectivity index (χ1v) is 10.0. The monoisotopic (exact) mass is 508 g/mol. The van der Waals surface area contributed by atoms with E-state index in [1.54, 1.807) is 7.05 Å². The summed E-state index contributed by atoms with van der Waals surface area (Å²) in [5.41, 5.74) is 3.32. The van der Waals surface area contributed by atoms with Gasteiger partial charge in [-0.25, -0.2) is 0 Å². The van der Waals surface area contributed by atoms with Crippen LogP contribution in [0.15, 0.2) is 59.6 Å². The quantitative estimate of drug-likeness (QED) is 0.261. The van der Waals surface area contributed by atoms with E-state index in [0.717, 1.165) is 36.5 Å². The zero-order chi connectivity index (χ0) is 20.2. The molecule has 0 heterocycles. The van der Waals surface area contributed by atoms with Crippen molar-refractivity contribution in [2.75, 3.05) is 12.4 Å². The van der Waals surface area contributed by atoms with E-state index >= 15 is 0 Å². The number of rotatable bonds is 9. The fraction of sp³-hybridized carbons (Fsp3) is 0.391. The lowest BCUT2D eigenvalue weighted by molar-refractivity contribution is -0.116. The molecule has 0 saturated heterocycles. The number of aliphatic imine (C=N–C) groups is 1. The molecule has 29 heavy (non-hydrogen) atoms. The van der Waals surface area contributed by atoms with Gasteiger partial charge < -0.3 is 16.0 Å². The molecule has 2 aromatic rings. The van der Waals surface area contributed by atoms with Crippen molar-refractivity contribution in [2.45, 2.75) is 52.1 Å². The van der Waals surface area contributed by atoms with Crippen LogP contribution in [0.5, 0.6) is 0 Å². The molecule has 2 rings (SSSR count). The Hall–Kier alpha value is -2.09. The molecule has 0 aromatic heterocycles.